The largest absolute Gasteiger partial charge is 0.462 e. The molecule has 0 aliphatic heterocycles. The van der Waals surface area contributed by atoms with Crippen molar-refractivity contribution in [2.75, 3.05) is 0 Å². The number of hydrogen-bond donors (Lipinski definition) is 0. The summed E-state index contributed by atoms with van der Waals surface area (Å²) in [6, 6.07) is 0. The Bertz CT molecular complexity index is 323. The molecule has 16 heavy (non-hydrogen) atoms. The third-order valence-electron chi connectivity index (χ3n) is 3.48. The van der Waals surface area contributed by atoms with Gasteiger partial charge in [-0.25, -0.2) is 4.79 Å². The van der Waals surface area contributed by atoms with Crippen LogP contribution >= 0.6 is 0 Å². The molecule has 4 unspecified atom stereocenters. The monoisotopic (exact) mass is 224 g/mol. The van der Waals surface area contributed by atoms with Crippen LogP contribution in [0.1, 0.15) is 26.2 Å². The van der Waals surface area contributed by atoms with Gasteiger partial charge in [0.2, 0.25) is 0 Å². The molecule has 0 N–H and O–H groups in total. The summed E-state index contributed by atoms with van der Waals surface area (Å²) in [5.74, 6) is 0.119. The molecular formula is C12H16O4. The lowest BCUT2D eigenvalue weighted by atomic mass is 9.95. The fraction of sp³-hybridized carbons (Fsp3) is 0.667. The molecule has 0 radical (unpaired) electrons. The molecule has 2 aliphatic rings. The standard InChI is InChI=1S/C12H16O4/c1-3-12(14)16-11-6-8-4-9(11)5-10(8)15-7(2)13/h3,8-11H,1,4-6H2,2H3. The van der Waals surface area contributed by atoms with Crippen LogP contribution in [0.15, 0.2) is 12.7 Å². The van der Waals surface area contributed by atoms with Crippen LogP contribution in [0.4, 0.5) is 0 Å². The Kier molecular flexibility index (Phi) is 2.99. The molecule has 0 aromatic heterocycles. The first-order valence-electron chi connectivity index (χ1n) is 5.60. The first-order valence-corrected chi connectivity index (χ1v) is 5.60. The lowest BCUT2D eigenvalue weighted by Gasteiger charge is -2.26. The van der Waals surface area contributed by atoms with E-state index in [1.165, 1.54) is 13.0 Å². The van der Waals surface area contributed by atoms with Crippen molar-refractivity contribution in [2.45, 2.75) is 38.4 Å². The van der Waals surface area contributed by atoms with Crippen LogP contribution in [0, 0.1) is 11.8 Å². The van der Waals surface area contributed by atoms with Crippen LogP contribution in [0.3, 0.4) is 0 Å². The first kappa shape index (κ1) is 11.2. The maximum Gasteiger partial charge on any atom is 0.330 e. The molecule has 0 aromatic carbocycles. The van der Waals surface area contributed by atoms with Crippen LogP contribution < -0.4 is 0 Å². The second-order valence-corrected chi connectivity index (χ2v) is 4.55. The van der Waals surface area contributed by atoms with E-state index in [9.17, 15) is 9.59 Å². The van der Waals surface area contributed by atoms with E-state index in [1.807, 2.05) is 0 Å². The molecule has 0 aromatic rings. The van der Waals surface area contributed by atoms with Crippen LogP contribution in [0.2, 0.25) is 0 Å². The highest BCUT2D eigenvalue weighted by molar-refractivity contribution is 5.81. The second-order valence-electron chi connectivity index (χ2n) is 4.55. The Morgan fingerprint density at radius 3 is 2.12 bits per heavy atom. The third kappa shape index (κ3) is 2.10. The molecule has 0 saturated heterocycles. The van der Waals surface area contributed by atoms with Crippen molar-refractivity contribution in [1.29, 1.82) is 0 Å². The van der Waals surface area contributed by atoms with Gasteiger partial charge in [-0.05, 0) is 31.1 Å². The maximum atomic E-state index is 11.1. The molecule has 2 rings (SSSR count). The van der Waals surface area contributed by atoms with Crippen LogP contribution in [0.5, 0.6) is 0 Å². The number of fused-ring (bicyclic) bond motifs is 2. The van der Waals surface area contributed by atoms with Gasteiger partial charge in [0.25, 0.3) is 0 Å². The summed E-state index contributed by atoms with van der Waals surface area (Å²) in [5.41, 5.74) is 0. The van der Waals surface area contributed by atoms with Crippen LogP contribution in [0.25, 0.3) is 0 Å². The van der Waals surface area contributed by atoms with Crippen molar-refractivity contribution in [2.24, 2.45) is 11.8 Å². The minimum Gasteiger partial charge on any atom is -0.462 e. The van der Waals surface area contributed by atoms with E-state index in [1.54, 1.807) is 0 Å². The van der Waals surface area contributed by atoms with Crippen molar-refractivity contribution in [1.82, 2.24) is 0 Å². The first-order chi connectivity index (χ1) is 7.60. The maximum absolute atomic E-state index is 11.1. The summed E-state index contributed by atoms with van der Waals surface area (Å²) < 4.78 is 10.5. The van der Waals surface area contributed by atoms with E-state index in [-0.39, 0.29) is 24.1 Å². The molecule has 0 spiro atoms. The topological polar surface area (TPSA) is 52.6 Å². The summed E-state index contributed by atoms with van der Waals surface area (Å²) in [5, 5.41) is 0. The normalized spacial score (nSPS) is 35.8. The molecule has 88 valence electrons. The zero-order valence-corrected chi connectivity index (χ0v) is 9.35. The minimum atomic E-state index is -0.360. The van der Waals surface area contributed by atoms with Crippen LogP contribution in [-0.2, 0) is 19.1 Å². The SMILES string of the molecule is C=CC(=O)OC1CC2CC1CC2OC(C)=O. The molecule has 4 heteroatoms. The van der Waals surface area contributed by atoms with Gasteiger partial charge in [-0.1, -0.05) is 6.58 Å². The highest BCUT2D eigenvalue weighted by Gasteiger charge is 2.48. The van der Waals surface area contributed by atoms with Gasteiger partial charge in [0.1, 0.15) is 12.2 Å². The summed E-state index contributed by atoms with van der Waals surface area (Å²) >= 11 is 0. The third-order valence-corrected chi connectivity index (χ3v) is 3.48. The summed E-state index contributed by atoms with van der Waals surface area (Å²) in [7, 11) is 0. The van der Waals surface area contributed by atoms with Gasteiger partial charge in [0.05, 0.1) is 0 Å². The number of hydrogen-bond acceptors (Lipinski definition) is 4. The zero-order valence-electron chi connectivity index (χ0n) is 9.35. The Hall–Kier alpha value is -1.32. The number of esters is 2. The van der Waals surface area contributed by atoms with Gasteiger partial charge < -0.3 is 9.47 Å². The number of carbonyl (C=O) groups excluding carboxylic acids is 2. The molecule has 2 fully saturated rings. The summed E-state index contributed by atoms with van der Waals surface area (Å²) in [4.78, 5) is 21.9. The lowest BCUT2D eigenvalue weighted by Crippen LogP contribution is -2.31. The van der Waals surface area contributed by atoms with Gasteiger partial charge in [-0.2, -0.15) is 0 Å². The van der Waals surface area contributed by atoms with E-state index in [0.29, 0.717) is 11.8 Å². The van der Waals surface area contributed by atoms with Gasteiger partial charge in [-0.3, -0.25) is 4.79 Å². The fourth-order valence-corrected chi connectivity index (χ4v) is 2.87. The minimum absolute atomic E-state index is 0.0118. The molecule has 4 nitrogen and oxygen atoms in total. The van der Waals surface area contributed by atoms with Gasteiger partial charge >= 0.3 is 11.9 Å². The van der Waals surface area contributed by atoms with Crippen molar-refractivity contribution < 1.29 is 19.1 Å². The molecule has 0 amide bonds. The Morgan fingerprint density at radius 2 is 1.69 bits per heavy atom. The highest BCUT2D eigenvalue weighted by atomic mass is 16.6. The average molecular weight is 224 g/mol. The van der Waals surface area contributed by atoms with Crippen LogP contribution in [-0.4, -0.2) is 24.1 Å². The van der Waals surface area contributed by atoms with E-state index in [4.69, 9.17) is 9.47 Å². The summed E-state index contributed by atoms with van der Waals surface area (Å²) in [6.45, 7) is 4.81. The predicted octanol–water partition coefficient (Wildman–Crippen LogP) is 1.45. The quantitative estimate of drug-likeness (QED) is 0.537. The molecule has 2 saturated carbocycles. The fourth-order valence-electron chi connectivity index (χ4n) is 2.87. The lowest BCUT2D eigenvalue weighted by molar-refractivity contribution is -0.154. The van der Waals surface area contributed by atoms with Gasteiger partial charge in [0, 0.05) is 13.0 Å². The molecule has 0 heterocycles. The number of ether oxygens (including phenoxy) is 2. The van der Waals surface area contributed by atoms with Gasteiger partial charge in [0.15, 0.2) is 0 Å². The molecular weight excluding hydrogens is 208 g/mol. The Balaban J connectivity index is 1.88. The average Bonchev–Trinajstić information content (AvgIpc) is 2.76. The van der Waals surface area contributed by atoms with Crippen molar-refractivity contribution in [3.8, 4) is 0 Å². The van der Waals surface area contributed by atoms with Crippen molar-refractivity contribution in [3.05, 3.63) is 12.7 Å². The highest BCUT2D eigenvalue weighted by Crippen LogP contribution is 2.47. The van der Waals surface area contributed by atoms with E-state index in [2.05, 4.69) is 6.58 Å². The number of rotatable bonds is 3. The van der Waals surface area contributed by atoms with Crippen molar-refractivity contribution in [3.63, 3.8) is 0 Å². The smallest absolute Gasteiger partial charge is 0.330 e. The molecule has 4 atom stereocenters. The second kappa shape index (κ2) is 4.28. The zero-order chi connectivity index (χ0) is 11.7. The summed E-state index contributed by atoms with van der Waals surface area (Å²) in [6.07, 6.45) is 3.83. The predicted molar refractivity (Wildman–Crippen MR) is 56.5 cm³/mol. The van der Waals surface area contributed by atoms with E-state index >= 15 is 0 Å². The van der Waals surface area contributed by atoms with Crippen molar-refractivity contribution >= 4 is 11.9 Å². The number of carbonyl (C=O) groups is 2. The van der Waals surface area contributed by atoms with E-state index < -0.39 is 0 Å². The Labute approximate surface area is 94.6 Å². The molecule has 2 bridgehead atoms. The van der Waals surface area contributed by atoms with E-state index in [0.717, 1.165) is 19.3 Å². The Morgan fingerprint density at radius 1 is 1.12 bits per heavy atom. The molecule has 2 aliphatic carbocycles. The van der Waals surface area contributed by atoms with Gasteiger partial charge in [-0.15, -0.1) is 0 Å².